The van der Waals surface area contributed by atoms with Gasteiger partial charge in [-0.25, -0.2) is 4.31 Å². The fourth-order valence-electron chi connectivity index (χ4n) is 1.17. The molecule has 5 heteroatoms. The Kier molecular flexibility index (Phi) is 4.56. The molecule has 11 heavy (non-hydrogen) atoms. The Balaban J connectivity index is 2.37. The molecule has 1 fully saturated rings. The molecule has 0 aliphatic carbocycles. The summed E-state index contributed by atoms with van der Waals surface area (Å²) in [4.78, 5) is 0. The van der Waals surface area contributed by atoms with Gasteiger partial charge in [-0.2, -0.15) is 22.4 Å². The maximum absolute atomic E-state index is 5.65. The minimum absolute atomic E-state index is 0.312. The number of rotatable bonds is 2. The Morgan fingerprint density at radius 2 is 2.36 bits per heavy atom. The number of hydrogen-bond acceptors (Lipinski definition) is 3. The molecule has 0 aromatic carbocycles. The van der Waals surface area contributed by atoms with Crippen molar-refractivity contribution in [3.63, 3.8) is 0 Å². The Hall–Kier alpha value is 1.06. The Bertz CT molecular complexity index is 117. The normalized spacial score (nSPS) is 33.7. The van der Waals surface area contributed by atoms with E-state index >= 15 is 0 Å². The fourth-order valence-corrected chi connectivity index (χ4v) is 2.22. The molecular weight excluding hydrogens is 272 g/mol. The molecule has 1 aliphatic rings. The number of ether oxygens (including phenoxy) is 1. The van der Waals surface area contributed by atoms with Gasteiger partial charge in [-0.3, -0.25) is 0 Å². The minimum atomic E-state index is 0.312. The van der Waals surface area contributed by atoms with Crippen molar-refractivity contribution in [1.29, 1.82) is 0 Å². The maximum atomic E-state index is 5.65. The van der Waals surface area contributed by atoms with E-state index in [0.717, 1.165) is 13.1 Å². The first-order chi connectivity index (χ1) is 5.26. The SMILES string of the molecule is CSN1CC(C)OC([B]I)C1. The van der Waals surface area contributed by atoms with Crippen molar-refractivity contribution in [3.05, 3.63) is 0 Å². The van der Waals surface area contributed by atoms with Crippen molar-refractivity contribution in [2.75, 3.05) is 19.3 Å². The predicted octanol–water partition coefficient (Wildman–Crippen LogP) is 1.37. The van der Waals surface area contributed by atoms with Crippen molar-refractivity contribution in [3.8, 4) is 0 Å². The van der Waals surface area contributed by atoms with E-state index in [1.165, 1.54) is 0 Å². The molecule has 0 aromatic heterocycles. The highest BCUT2D eigenvalue weighted by atomic mass is 127. The molecule has 2 atom stereocenters. The summed E-state index contributed by atoms with van der Waals surface area (Å²) in [5.74, 6) is 0. The summed E-state index contributed by atoms with van der Waals surface area (Å²) in [6.07, 6.45) is 2.48. The summed E-state index contributed by atoms with van der Waals surface area (Å²) in [6, 6.07) is 0.312. The Morgan fingerprint density at radius 3 is 2.91 bits per heavy atom. The van der Waals surface area contributed by atoms with Gasteiger partial charge in [-0.1, -0.05) is 11.9 Å². The van der Waals surface area contributed by atoms with E-state index in [-0.39, 0.29) is 0 Å². The first-order valence-electron chi connectivity index (χ1n) is 3.64. The fraction of sp³-hybridized carbons (Fsp3) is 1.00. The van der Waals surface area contributed by atoms with Crippen molar-refractivity contribution >= 4 is 39.5 Å². The molecule has 1 aliphatic heterocycles. The zero-order chi connectivity index (χ0) is 8.27. The summed E-state index contributed by atoms with van der Waals surface area (Å²) in [5.41, 5.74) is 0. The topological polar surface area (TPSA) is 12.5 Å². The smallest absolute Gasteiger partial charge is 0.238 e. The maximum Gasteiger partial charge on any atom is 0.238 e. The lowest BCUT2D eigenvalue weighted by Crippen LogP contribution is -2.44. The highest BCUT2D eigenvalue weighted by Gasteiger charge is 2.24. The van der Waals surface area contributed by atoms with Gasteiger partial charge in [0.25, 0.3) is 0 Å². The van der Waals surface area contributed by atoms with Crippen LogP contribution in [0.3, 0.4) is 0 Å². The van der Waals surface area contributed by atoms with E-state index in [4.69, 9.17) is 4.74 Å². The summed E-state index contributed by atoms with van der Waals surface area (Å²) in [6.45, 7) is 4.19. The molecule has 63 valence electrons. The largest absolute Gasteiger partial charge is 0.380 e. The number of morpholine rings is 1. The van der Waals surface area contributed by atoms with E-state index in [1.807, 2.05) is 0 Å². The third-order valence-electron chi connectivity index (χ3n) is 1.65. The third-order valence-corrected chi connectivity index (χ3v) is 3.27. The van der Waals surface area contributed by atoms with E-state index in [9.17, 15) is 0 Å². The van der Waals surface area contributed by atoms with Gasteiger partial charge < -0.3 is 4.74 Å². The first kappa shape index (κ1) is 10.1. The standard InChI is InChI=1S/C6H12BINOS/c1-5-3-9(11-2)4-6(7-8)10-5/h5-6H,3-4H2,1-2H3. The second-order valence-electron chi connectivity index (χ2n) is 2.64. The highest BCUT2D eigenvalue weighted by molar-refractivity contribution is 14.1. The quantitative estimate of drug-likeness (QED) is 0.431. The van der Waals surface area contributed by atoms with E-state index in [1.54, 1.807) is 11.9 Å². The van der Waals surface area contributed by atoms with Crippen LogP contribution in [0.15, 0.2) is 0 Å². The van der Waals surface area contributed by atoms with Gasteiger partial charge in [0.05, 0.1) is 12.1 Å². The van der Waals surface area contributed by atoms with Crippen LogP contribution in [0.2, 0.25) is 0 Å². The van der Waals surface area contributed by atoms with Crippen LogP contribution in [0.5, 0.6) is 0 Å². The second-order valence-corrected chi connectivity index (χ2v) is 4.24. The van der Waals surface area contributed by atoms with Crippen LogP contribution in [0, 0.1) is 0 Å². The van der Waals surface area contributed by atoms with Gasteiger partial charge in [0.15, 0.2) is 0 Å². The van der Waals surface area contributed by atoms with E-state index in [2.05, 4.69) is 45.0 Å². The van der Waals surface area contributed by atoms with Gasteiger partial charge in [0.1, 0.15) is 0 Å². The van der Waals surface area contributed by atoms with Crippen LogP contribution < -0.4 is 0 Å². The van der Waals surface area contributed by atoms with Crippen LogP contribution in [0.25, 0.3) is 0 Å². The number of hydrogen-bond donors (Lipinski definition) is 0. The first-order valence-corrected chi connectivity index (χ1v) is 6.07. The molecule has 0 amide bonds. The lowest BCUT2D eigenvalue weighted by atomic mass is 9.98. The van der Waals surface area contributed by atoms with Crippen LogP contribution in [-0.4, -0.2) is 40.9 Å². The van der Waals surface area contributed by atoms with Crippen LogP contribution in [0.1, 0.15) is 6.92 Å². The molecule has 0 spiro atoms. The summed E-state index contributed by atoms with van der Waals surface area (Å²) in [5, 5.41) is 2.09. The third kappa shape index (κ3) is 3.12. The molecule has 0 bridgehead atoms. The minimum Gasteiger partial charge on any atom is -0.380 e. The Morgan fingerprint density at radius 1 is 1.64 bits per heavy atom. The Labute approximate surface area is 86.7 Å². The van der Waals surface area contributed by atoms with Gasteiger partial charge >= 0.3 is 0 Å². The van der Waals surface area contributed by atoms with Crippen molar-refractivity contribution < 1.29 is 4.74 Å². The lowest BCUT2D eigenvalue weighted by molar-refractivity contribution is -0.0106. The molecular formula is C6H12BINOS. The molecule has 2 unspecified atom stereocenters. The van der Waals surface area contributed by atoms with E-state index < -0.39 is 0 Å². The molecule has 0 N–H and O–H groups in total. The van der Waals surface area contributed by atoms with Gasteiger partial charge in [0.2, 0.25) is 5.14 Å². The monoisotopic (exact) mass is 284 g/mol. The predicted molar refractivity (Wildman–Crippen MR) is 59.2 cm³/mol. The molecule has 2 nitrogen and oxygen atoms in total. The zero-order valence-corrected chi connectivity index (χ0v) is 9.76. The molecule has 0 aromatic rings. The zero-order valence-electron chi connectivity index (χ0n) is 6.79. The van der Waals surface area contributed by atoms with Crippen molar-refractivity contribution in [2.24, 2.45) is 0 Å². The van der Waals surface area contributed by atoms with E-state index in [0.29, 0.717) is 12.1 Å². The number of halogens is 1. The van der Waals surface area contributed by atoms with Crippen LogP contribution in [0.4, 0.5) is 0 Å². The molecule has 1 saturated heterocycles. The molecule has 1 heterocycles. The van der Waals surface area contributed by atoms with Crippen LogP contribution in [-0.2, 0) is 4.74 Å². The molecule has 1 radical (unpaired) electrons. The number of nitrogens with zero attached hydrogens (tertiary/aromatic N) is 1. The van der Waals surface area contributed by atoms with Gasteiger partial charge in [-0.15, -0.1) is 0 Å². The van der Waals surface area contributed by atoms with Gasteiger partial charge in [0, 0.05) is 13.1 Å². The molecule has 1 rings (SSSR count). The molecule has 0 saturated carbocycles. The second kappa shape index (κ2) is 4.94. The summed E-state index contributed by atoms with van der Waals surface area (Å²) < 4.78 is 7.99. The van der Waals surface area contributed by atoms with Gasteiger partial charge in [-0.05, 0) is 13.2 Å². The van der Waals surface area contributed by atoms with Crippen LogP contribution >= 0.6 is 34.3 Å². The average Bonchev–Trinajstić information content (AvgIpc) is 2.03. The van der Waals surface area contributed by atoms with Crippen molar-refractivity contribution in [1.82, 2.24) is 4.31 Å². The summed E-state index contributed by atoms with van der Waals surface area (Å²) >= 11 is 4.06. The summed E-state index contributed by atoms with van der Waals surface area (Å²) in [7, 11) is 0. The average molecular weight is 284 g/mol. The van der Waals surface area contributed by atoms with Crippen molar-refractivity contribution in [2.45, 2.75) is 19.0 Å². The highest BCUT2D eigenvalue weighted by Crippen LogP contribution is 2.16. The lowest BCUT2D eigenvalue weighted by Gasteiger charge is -2.34.